The first-order chi connectivity index (χ1) is 11.0. The van der Waals surface area contributed by atoms with Gasteiger partial charge in [0.25, 0.3) is 0 Å². The lowest BCUT2D eigenvalue weighted by atomic mass is 10.0. The van der Waals surface area contributed by atoms with Gasteiger partial charge in [-0.25, -0.2) is 19.5 Å². The molecule has 4 heterocycles. The number of methoxy groups -OCH3 is 1. The quantitative estimate of drug-likeness (QED) is 0.629. The molecule has 0 aliphatic carbocycles. The molecular weight excluding hydrogens is 332 g/mol. The smallest absolute Gasteiger partial charge is 0.339 e. The lowest BCUT2D eigenvalue weighted by Crippen LogP contribution is -3.00. The predicted octanol–water partition coefficient (Wildman–Crippen LogP) is -2.03. The maximum atomic E-state index is 11.5. The Morgan fingerprint density at radius 2 is 1.71 bits per heavy atom. The highest BCUT2D eigenvalue weighted by Gasteiger charge is 2.51. The van der Waals surface area contributed by atoms with E-state index < -0.39 is 5.97 Å². The van der Waals surface area contributed by atoms with E-state index in [2.05, 4.69) is 21.6 Å². The number of halogens is 1. The highest BCUT2D eigenvalue weighted by atomic mass is 35.5. The van der Waals surface area contributed by atoms with E-state index in [1.54, 1.807) is 12.1 Å². The van der Waals surface area contributed by atoms with Crippen LogP contribution in [0.1, 0.15) is 28.9 Å². The van der Waals surface area contributed by atoms with E-state index in [4.69, 9.17) is 4.74 Å². The summed E-state index contributed by atoms with van der Waals surface area (Å²) in [7, 11) is 1.51. The van der Waals surface area contributed by atoms with Crippen LogP contribution in [0.3, 0.4) is 0 Å². The van der Waals surface area contributed by atoms with E-state index >= 15 is 0 Å². The largest absolute Gasteiger partial charge is 1.00 e. The van der Waals surface area contributed by atoms with Crippen molar-refractivity contribution in [1.29, 1.82) is 0 Å². The van der Waals surface area contributed by atoms with Crippen molar-refractivity contribution in [2.75, 3.05) is 47.1 Å². The van der Waals surface area contributed by atoms with Crippen LogP contribution in [0, 0.1) is 0 Å². The monoisotopic (exact) mass is 354 g/mol. The number of hydrogen-bond acceptors (Lipinski definition) is 5. The SMILES string of the molecule is COc1ccc([C@@H](C)[N+]23CN4CN(CN(C4)C2)C3)cc1C(=O)O.[Cl-]. The molecule has 0 unspecified atom stereocenters. The highest BCUT2D eigenvalue weighted by molar-refractivity contribution is 5.91. The molecule has 5 rings (SSSR count). The van der Waals surface area contributed by atoms with E-state index in [0.29, 0.717) is 5.75 Å². The van der Waals surface area contributed by atoms with Crippen molar-refractivity contribution in [1.82, 2.24) is 14.7 Å². The van der Waals surface area contributed by atoms with Crippen LogP contribution >= 0.6 is 0 Å². The van der Waals surface area contributed by atoms with E-state index in [0.717, 1.165) is 50.1 Å². The van der Waals surface area contributed by atoms with Gasteiger partial charge in [-0.05, 0) is 25.1 Å². The second kappa shape index (κ2) is 6.16. The number of carboxylic acids is 1. The molecule has 1 N–H and O–H groups in total. The second-order valence-corrected chi connectivity index (χ2v) is 7.02. The molecule has 132 valence electrons. The molecule has 7 nitrogen and oxygen atoms in total. The molecule has 4 aliphatic heterocycles. The molecule has 4 bridgehead atoms. The van der Waals surface area contributed by atoms with Crippen LogP contribution in [0.5, 0.6) is 5.75 Å². The molecule has 1 aromatic rings. The average molecular weight is 355 g/mol. The van der Waals surface area contributed by atoms with Gasteiger partial charge in [-0.2, -0.15) is 0 Å². The molecule has 0 saturated carbocycles. The van der Waals surface area contributed by atoms with Gasteiger partial charge in [0.15, 0.2) is 0 Å². The van der Waals surface area contributed by atoms with Crippen LogP contribution in [0.2, 0.25) is 0 Å². The summed E-state index contributed by atoms with van der Waals surface area (Å²) in [4.78, 5) is 18.9. The first-order valence-electron chi connectivity index (χ1n) is 7.95. The zero-order valence-corrected chi connectivity index (χ0v) is 14.7. The second-order valence-electron chi connectivity index (χ2n) is 7.02. The third kappa shape index (κ3) is 2.66. The number of rotatable bonds is 4. The van der Waals surface area contributed by atoms with Gasteiger partial charge < -0.3 is 22.3 Å². The van der Waals surface area contributed by atoms with Gasteiger partial charge in [-0.1, -0.05) is 0 Å². The fourth-order valence-corrected chi connectivity index (χ4v) is 4.42. The summed E-state index contributed by atoms with van der Waals surface area (Å²) in [6, 6.07) is 5.81. The minimum Gasteiger partial charge on any atom is -1.00 e. The van der Waals surface area contributed by atoms with Crippen molar-refractivity contribution < 1.29 is 31.5 Å². The lowest BCUT2D eigenvalue weighted by molar-refractivity contribution is -1.00. The van der Waals surface area contributed by atoms with Crippen LogP contribution in [0.15, 0.2) is 18.2 Å². The number of aromatic carboxylic acids is 1. The first kappa shape index (κ1) is 17.4. The minimum absolute atomic E-state index is 0. The van der Waals surface area contributed by atoms with Gasteiger partial charge in [0, 0.05) is 5.56 Å². The van der Waals surface area contributed by atoms with Crippen LogP contribution in [0.25, 0.3) is 0 Å². The van der Waals surface area contributed by atoms with E-state index in [9.17, 15) is 9.90 Å². The van der Waals surface area contributed by atoms with Gasteiger partial charge >= 0.3 is 5.97 Å². The number of nitrogens with zero attached hydrogens (tertiary/aromatic N) is 4. The lowest BCUT2D eigenvalue weighted by Gasteiger charge is -2.62. The number of quaternary nitrogens is 1. The number of carboxylic acid groups (broad SMARTS) is 1. The fourth-order valence-electron chi connectivity index (χ4n) is 4.42. The fraction of sp³-hybridized carbons (Fsp3) is 0.562. The zero-order valence-electron chi connectivity index (χ0n) is 14.0. The van der Waals surface area contributed by atoms with Gasteiger partial charge in [0.05, 0.1) is 27.1 Å². The number of carbonyl (C=O) groups is 1. The Morgan fingerprint density at radius 3 is 2.17 bits per heavy atom. The Hall–Kier alpha value is -1.38. The van der Waals surface area contributed by atoms with Crippen LogP contribution in [0.4, 0.5) is 0 Å². The third-order valence-electron chi connectivity index (χ3n) is 5.40. The van der Waals surface area contributed by atoms with Crippen LogP contribution in [-0.4, -0.2) is 77.4 Å². The normalized spacial score (nSPS) is 34.5. The molecular formula is C16H23ClN4O3. The summed E-state index contributed by atoms with van der Waals surface area (Å²) >= 11 is 0. The van der Waals surface area contributed by atoms with Gasteiger partial charge in [-0.3, -0.25) is 4.48 Å². The van der Waals surface area contributed by atoms with Crippen molar-refractivity contribution in [2.24, 2.45) is 0 Å². The highest BCUT2D eigenvalue weighted by Crippen LogP contribution is 2.38. The van der Waals surface area contributed by atoms with Crippen molar-refractivity contribution in [3.8, 4) is 5.75 Å². The van der Waals surface area contributed by atoms with Gasteiger partial charge in [0.1, 0.15) is 37.4 Å². The maximum absolute atomic E-state index is 11.5. The molecule has 4 saturated heterocycles. The Labute approximate surface area is 148 Å². The van der Waals surface area contributed by atoms with E-state index in [-0.39, 0.29) is 24.0 Å². The average Bonchev–Trinajstić information content (AvgIpc) is 2.52. The topological polar surface area (TPSA) is 56.2 Å². The number of ether oxygens (including phenoxy) is 1. The zero-order chi connectivity index (χ0) is 16.2. The summed E-state index contributed by atoms with van der Waals surface area (Å²) in [5, 5.41) is 9.43. The summed E-state index contributed by atoms with van der Waals surface area (Å²) in [6.45, 7) is 8.45. The van der Waals surface area contributed by atoms with Crippen molar-refractivity contribution in [3.05, 3.63) is 29.3 Å². The summed E-state index contributed by atoms with van der Waals surface area (Å²) < 4.78 is 6.13. The summed E-state index contributed by atoms with van der Waals surface area (Å²) in [6.07, 6.45) is 0. The van der Waals surface area contributed by atoms with Crippen molar-refractivity contribution in [2.45, 2.75) is 13.0 Å². The van der Waals surface area contributed by atoms with E-state index in [1.807, 2.05) is 6.07 Å². The summed E-state index contributed by atoms with van der Waals surface area (Å²) in [5.74, 6) is -0.520. The maximum Gasteiger partial charge on any atom is 0.339 e. The Balaban J connectivity index is 0.00000169. The standard InChI is InChI=1S/C16H22N4O3.ClH/c1-12(13-3-4-15(23-2)14(5-13)16(21)22)20-9-17-6-18(10-20)8-19(7-17)11-20;/h3-5,12H,6-11H2,1-2H3;1H/t12-;/m1./s1. The minimum atomic E-state index is -0.940. The molecule has 0 aromatic heterocycles. The Bertz CT molecular complexity index is 619. The summed E-state index contributed by atoms with van der Waals surface area (Å²) in [5.41, 5.74) is 1.31. The molecule has 0 spiro atoms. The predicted molar refractivity (Wildman–Crippen MR) is 83.3 cm³/mol. The first-order valence-corrected chi connectivity index (χ1v) is 7.95. The molecule has 24 heavy (non-hydrogen) atoms. The molecule has 4 fully saturated rings. The van der Waals surface area contributed by atoms with Crippen LogP contribution in [-0.2, 0) is 0 Å². The number of hydrogen-bond donors (Lipinski definition) is 1. The Kier molecular flexibility index (Phi) is 4.48. The third-order valence-corrected chi connectivity index (χ3v) is 5.40. The van der Waals surface area contributed by atoms with Crippen LogP contribution < -0.4 is 17.1 Å². The molecule has 8 heteroatoms. The molecule has 1 aromatic carbocycles. The Morgan fingerprint density at radius 1 is 1.17 bits per heavy atom. The number of benzene rings is 1. The van der Waals surface area contributed by atoms with Crippen molar-refractivity contribution in [3.63, 3.8) is 0 Å². The van der Waals surface area contributed by atoms with Crippen molar-refractivity contribution >= 4 is 5.97 Å². The molecule has 0 radical (unpaired) electrons. The molecule has 0 amide bonds. The van der Waals surface area contributed by atoms with Gasteiger partial charge in [-0.15, -0.1) is 0 Å². The molecule has 4 aliphatic rings. The van der Waals surface area contributed by atoms with Gasteiger partial charge in [0.2, 0.25) is 0 Å². The van der Waals surface area contributed by atoms with E-state index in [1.165, 1.54) is 7.11 Å². The molecule has 1 atom stereocenters.